The summed E-state index contributed by atoms with van der Waals surface area (Å²) in [5, 5.41) is 11.2. The summed E-state index contributed by atoms with van der Waals surface area (Å²) in [5.74, 6) is -0.910. The van der Waals surface area contributed by atoms with E-state index in [0.29, 0.717) is 5.65 Å². The van der Waals surface area contributed by atoms with Crippen LogP contribution in [-0.4, -0.2) is 54.7 Å². The van der Waals surface area contributed by atoms with Gasteiger partial charge in [0.15, 0.2) is 11.3 Å². The molecular weight excluding hydrogens is 368 g/mol. The summed E-state index contributed by atoms with van der Waals surface area (Å²) < 4.78 is 8.27. The summed E-state index contributed by atoms with van der Waals surface area (Å²) in [4.78, 5) is 28.7. The van der Waals surface area contributed by atoms with E-state index in [1.54, 1.807) is 40.6 Å². The number of ether oxygens (including phenoxy) is 1. The highest BCUT2D eigenvalue weighted by Crippen LogP contribution is 2.23. The Morgan fingerprint density at radius 2 is 2.19 bits per heavy atom. The van der Waals surface area contributed by atoms with Crippen molar-refractivity contribution in [1.82, 2.24) is 29.7 Å². The molecule has 3 rings (SSSR count). The second kappa shape index (κ2) is 7.78. The summed E-state index contributed by atoms with van der Waals surface area (Å²) >= 11 is 4.10. The second-order valence-electron chi connectivity index (χ2n) is 5.86. The number of carbonyl (C=O) groups is 2. The van der Waals surface area contributed by atoms with Gasteiger partial charge in [-0.05, 0) is 19.9 Å². The summed E-state index contributed by atoms with van der Waals surface area (Å²) in [5.41, 5.74) is 3.27. The molecule has 0 bridgehead atoms. The van der Waals surface area contributed by atoms with Crippen molar-refractivity contribution in [2.24, 2.45) is 7.05 Å². The standard InChI is InChI=1S/C17H20N6O3S/c1-4-26-17(25)13(9-27)20-16(24)12-7-15-18-6-5-14(23(15)21-12)11-8-19-22(3)10(11)2/h5-8,13,27H,4,9H2,1-3H3,(H,20,24)/t13-/m0/s1. The van der Waals surface area contributed by atoms with Crippen LogP contribution in [0.4, 0.5) is 0 Å². The molecule has 1 N–H and O–H groups in total. The number of nitrogens with zero attached hydrogens (tertiary/aromatic N) is 5. The third-order valence-electron chi connectivity index (χ3n) is 4.16. The minimum atomic E-state index is -0.849. The lowest BCUT2D eigenvalue weighted by Gasteiger charge is -2.13. The van der Waals surface area contributed by atoms with Gasteiger partial charge in [0.2, 0.25) is 0 Å². The Morgan fingerprint density at radius 3 is 2.81 bits per heavy atom. The first-order valence-electron chi connectivity index (χ1n) is 8.38. The molecule has 0 saturated heterocycles. The number of fused-ring (bicyclic) bond motifs is 1. The van der Waals surface area contributed by atoms with Crippen LogP contribution in [0.3, 0.4) is 0 Å². The fraction of sp³-hybridized carbons (Fsp3) is 0.353. The molecule has 1 atom stereocenters. The topological polar surface area (TPSA) is 103 Å². The van der Waals surface area contributed by atoms with Gasteiger partial charge >= 0.3 is 5.97 Å². The van der Waals surface area contributed by atoms with E-state index in [-0.39, 0.29) is 18.1 Å². The first-order chi connectivity index (χ1) is 13.0. The molecule has 0 radical (unpaired) electrons. The van der Waals surface area contributed by atoms with Crippen LogP contribution in [0.1, 0.15) is 23.1 Å². The Hall–Kier alpha value is -2.88. The smallest absolute Gasteiger partial charge is 0.329 e. The van der Waals surface area contributed by atoms with E-state index >= 15 is 0 Å². The molecule has 1 amide bonds. The molecule has 0 saturated carbocycles. The summed E-state index contributed by atoms with van der Waals surface area (Å²) in [6.45, 7) is 3.87. The van der Waals surface area contributed by atoms with E-state index < -0.39 is 17.9 Å². The fourth-order valence-electron chi connectivity index (χ4n) is 2.61. The lowest BCUT2D eigenvalue weighted by atomic mass is 10.2. The van der Waals surface area contributed by atoms with E-state index in [0.717, 1.165) is 17.0 Å². The molecule has 27 heavy (non-hydrogen) atoms. The largest absolute Gasteiger partial charge is 0.464 e. The van der Waals surface area contributed by atoms with Crippen molar-refractivity contribution in [2.75, 3.05) is 12.4 Å². The van der Waals surface area contributed by atoms with Crippen LogP contribution in [-0.2, 0) is 16.6 Å². The van der Waals surface area contributed by atoms with Crippen molar-refractivity contribution in [3.8, 4) is 11.3 Å². The minimum Gasteiger partial charge on any atom is -0.464 e. The Morgan fingerprint density at radius 1 is 1.41 bits per heavy atom. The molecule has 142 valence electrons. The number of rotatable bonds is 6. The van der Waals surface area contributed by atoms with Crippen molar-refractivity contribution in [3.63, 3.8) is 0 Å². The quantitative estimate of drug-likeness (QED) is 0.483. The van der Waals surface area contributed by atoms with Crippen LogP contribution in [0.5, 0.6) is 0 Å². The number of thiol groups is 1. The van der Waals surface area contributed by atoms with E-state index in [4.69, 9.17) is 4.74 Å². The zero-order chi connectivity index (χ0) is 19.6. The van der Waals surface area contributed by atoms with E-state index in [1.807, 2.05) is 14.0 Å². The van der Waals surface area contributed by atoms with Gasteiger partial charge in [-0.2, -0.15) is 22.8 Å². The fourth-order valence-corrected chi connectivity index (χ4v) is 2.85. The highest BCUT2D eigenvalue weighted by atomic mass is 32.1. The first-order valence-corrected chi connectivity index (χ1v) is 9.01. The molecule has 9 nitrogen and oxygen atoms in total. The molecule has 10 heteroatoms. The molecule has 0 aliphatic rings. The van der Waals surface area contributed by atoms with Gasteiger partial charge in [0.05, 0.1) is 18.5 Å². The zero-order valence-electron chi connectivity index (χ0n) is 15.2. The maximum atomic E-state index is 12.5. The highest BCUT2D eigenvalue weighted by molar-refractivity contribution is 7.80. The summed E-state index contributed by atoms with van der Waals surface area (Å²) in [6.07, 6.45) is 3.39. The van der Waals surface area contributed by atoms with Crippen LogP contribution >= 0.6 is 12.6 Å². The molecule has 0 aliphatic carbocycles. The molecule has 0 spiro atoms. The number of hydrogen-bond donors (Lipinski definition) is 2. The van der Waals surface area contributed by atoms with Crippen molar-refractivity contribution < 1.29 is 14.3 Å². The van der Waals surface area contributed by atoms with Gasteiger partial charge in [-0.25, -0.2) is 14.3 Å². The minimum absolute atomic E-state index is 0.121. The van der Waals surface area contributed by atoms with Crippen molar-refractivity contribution in [1.29, 1.82) is 0 Å². The van der Waals surface area contributed by atoms with E-state index in [1.165, 1.54) is 0 Å². The Labute approximate surface area is 161 Å². The van der Waals surface area contributed by atoms with Crippen molar-refractivity contribution in [3.05, 3.63) is 35.9 Å². The maximum Gasteiger partial charge on any atom is 0.329 e. The van der Waals surface area contributed by atoms with Crippen molar-refractivity contribution in [2.45, 2.75) is 19.9 Å². The first kappa shape index (κ1) is 18.9. The predicted molar refractivity (Wildman–Crippen MR) is 102 cm³/mol. The monoisotopic (exact) mass is 388 g/mol. The predicted octanol–water partition coefficient (Wildman–Crippen LogP) is 1.03. The highest BCUT2D eigenvalue weighted by Gasteiger charge is 2.23. The average Bonchev–Trinajstić information content (AvgIpc) is 3.23. The summed E-state index contributed by atoms with van der Waals surface area (Å²) in [6, 6.07) is 2.52. The lowest BCUT2D eigenvalue weighted by molar-refractivity contribution is -0.144. The van der Waals surface area contributed by atoms with Crippen LogP contribution in [0, 0.1) is 6.92 Å². The molecule has 0 fully saturated rings. The molecule has 0 aliphatic heterocycles. The summed E-state index contributed by atoms with van der Waals surface area (Å²) in [7, 11) is 1.85. The Kier molecular flexibility index (Phi) is 5.45. The normalized spacial score (nSPS) is 12.1. The number of aromatic nitrogens is 5. The van der Waals surface area contributed by atoms with Crippen LogP contribution in [0.15, 0.2) is 24.5 Å². The third-order valence-corrected chi connectivity index (χ3v) is 4.53. The number of hydrogen-bond acceptors (Lipinski definition) is 7. The average molecular weight is 388 g/mol. The SMILES string of the molecule is CCOC(=O)[C@H](CS)NC(=O)c1cc2nccc(-c3cnn(C)c3C)n2n1. The molecule has 3 heterocycles. The Balaban J connectivity index is 1.93. The molecule has 0 unspecified atom stereocenters. The number of amides is 1. The van der Waals surface area contributed by atoms with Crippen LogP contribution < -0.4 is 5.32 Å². The van der Waals surface area contributed by atoms with Gasteiger partial charge in [0.25, 0.3) is 5.91 Å². The van der Waals surface area contributed by atoms with Gasteiger partial charge in [0, 0.05) is 36.3 Å². The van der Waals surface area contributed by atoms with Crippen LogP contribution in [0.2, 0.25) is 0 Å². The van der Waals surface area contributed by atoms with Gasteiger partial charge in [0.1, 0.15) is 6.04 Å². The van der Waals surface area contributed by atoms with Gasteiger partial charge < -0.3 is 10.1 Å². The third kappa shape index (κ3) is 3.65. The van der Waals surface area contributed by atoms with E-state index in [2.05, 4.69) is 33.1 Å². The van der Waals surface area contributed by atoms with Crippen LogP contribution in [0.25, 0.3) is 16.9 Å². The number of nitrogens with one attached hydrogen (secondary N) is 1. The van der Waals surface area contributed by atoms with Gasteiger partial charge in [-0.3, -0.25) is 9.48 Å². The maximum absolute atomic E-state index is 12.5. The second-order valence-corrected chi connectivity index (χ2v) is 6.22. The number of carbonyl (C=O) groups excluding carboxylic acids is 2. The number of esters is 1. The Bertz CT molecular complexity index is 996. The van der Waals surface area contributed by atoms with Crippen molar-refractivity contribution >= 4 is 30.2 Å². The molecule has 0 aromatic carbocycles. The zero-order valence-corrected chi connectivity index (χ0v) is 16.1. The van der Waals surface area contributed by atoms with Gasteiger partial charge in [-0.15, -0.1) is 0 Å². The van der Waals surface area contributed by atoms with Gasteiger partial charge in [-0.1, -0.05) is 0 Å². The molecular formula is C17H20N6O3S. The molecule has 3 aromatic heterocycles. The number of aryl methyl sites for hydroxylation is 1. The lowest BCUT2D eigenvalue weighted by Crippen LogP contribution is -2.43. The van der Waals surface area contributed by atoms with E-state index in [9.17, 15) is 9.59 Å². The molecule has 3 aromatic rings.